The molecule has 0 aromatic carbocycles. The average molecular weight is 251 g/mol. The third-order valence-corrected chi connectivity index (χ3v) is 3.37. The lowest BCUT2D eigenvalue weighted by Gasteiger charge is -2.28. The number of aromatic nitrogens is 1. The van der Waals surface area contributed by atoms with E-state index < -0.39 is 6.10 Å². The number of urea groups is 1. The van der Waals surface area contributed by atoms with E-state index in [0.717, 1.165) is 32.2 Å². The average Bonchev–Trinajstić information content (AvgIpc) is 2.85. The SMILES string of the molecule is O=C(NCCn1cccc1)NC1CCCCC1O. The van der Waals surface area contributed by atoms with Crippen LogP contribution in [0, 0.1) is 0 Å². The van der Waals surface area contributed by atoms with Crippen LogP contribution in [0.2, 0.25) is 0 Å². The maximum atomic E-state index is 11.6. The van der Waals surface area contributed by atoms with Gasteiger partial charge < -0.3 is 20.3 Å². The van der Waals surface area contributed by atoms with Gasteiger partial charge in [-0.05, 0) is 25.0 Å². The summed E-state index contributed by atoms with van der Waals surface area (Å²) < 4.78 is 2.01. The number of nitrogens with one attached hydrogen (secondary N) is 2. The van der Waals surface area contributed by atoms with Crippen molar-refractivity contribution in [2.24, 2.45) is 0 Å². The van der Waals surface area contributed by atoms with Gasteiger partial charge in [0.1, 0.15) is 0 Å². The molecule has 0 aliphatic heterocycles. The van der Waals surface area contributed by atoms with E-state index in [0.29, 0.717) is 6.54 Å². The van der Waals surface area contributed by atoms with Gasteiger partial charge in [0, 0.05) is 25.5 Å². The third kappa shape index (κ3) is 3.77. The minimum absolute atomic E-state index is 0.0923. The highest BCUT2D eigenvalue weighted by Gasteiger charge is 2.24. The molecule has 1 aliphatic rings. The second-order valence-electron chi connectivity index (χ2n) is 4.78. The van der Waals surface area contributed by atoms with Gasteiger partial charge in [-0.3, -0.25) is 0 Å². The van der Waals surface area contributed by atoms with Gasteiger partial charge in [-0.15, -0.1) is 0 Å². The van der Waals surface area contributed by atoms with E-state index in [4.69, 9.17) is 0 Å². The van der Waals surface area contributed by atoms with E-state index in [1.807, 2.05) is 29.1 Å². The Morgan fingerprint density at radius 2 is 2.00 bits per heavy atom. The molecule has 0 bridgehead atoms. The van der Waals surface area contributed by atoms with Crippen LogP contribution in [0.3, 0.4) is 0 Å². The molecular formula is C13H21N3O2. The summed E-state index contributed by atoms with van der Waals surface area (Å²) in [7, 11) is 0. The van der Waals surface area contributed by atoms with Crippen LogP contribution >= 0.6 is 0 Å². The van der Waals surface area contributed by atoms with Crippen molar-refractivity contribution in [2.75, 3.05) is 6.54 Å². The number of hydrogen-bond donors (Lipinski definition) is 3. The lowest BCUT2D eigenvalue weighted by Crippen LogP contribution is -2.49. The molecule has 1 fully saturated rings. The van der Waals surface area contributed by atoms with Crippen molar-refractivity contribution in [2.45, 2.75) is 44.4 Å². The van der Waals surface area contributed by atoms with E-state index in [1.54, 1.807) is 0 Å². The van der Waals surface area contributed by atoms with E-state index in [2.05, 4.69) is 10.6 Å². The Bertz CT molecular complexity index is 364. The van der Waals surface area contributed by atoms with Crippen LogP contribution in [0.25, 0.3) is 0 Å². The zero-order valence-electron chi connectivity index (χ0n) is 10.5. The molecule has 2 rings (SSSR count). The monoisotopic (exact) mass is 251 g/mol. The highest BCUT2D eigenvalue weighted by molar-refractivity contribution is 5.74. The van der Waals surface area contributed by atoms with Gasteiger partial charge in [-0.1, -0.05) is 12.8 Å². The molecule has 0 radical (unpaired) electrons. The maximum absolute atomic E-state index is 11.6. The van der Waals surface area contributed by atoms with Crippen molar-refractivity contribution in [1.29, 1.82) is 0 Å². The molecule has 2 unspecified atom stereocenters. The highest BCUT2D eigenvalue weighted by Crippen LogP contribution is 2.17. The lowest BCUT2D eigenvalue weighted by atomic mass is 9.93. The van der Waals surface area contributed by atoms with Gasteiger partial charge in [0.05, 0.1) is 12.1 Å². The Morgan fingerprint density at radius 1 is 1.28 bits per heavy atom. The van der Waals surface area contributed by atoms with Gasteiger partial charge in [0.2, 0.25) is 0 Å². The van der Waals surface area contributed by atoms with Crippen LogP contribution < -0.4 is 10.6 Å². The quantitative estimate of drug-likeness (QED) is 0.750. The first-order valence-electron chi connectivity index (χ1n) is 6.59. The van der Waals surface area contributed by atoms with Crippen LogP contribution in [0.15, 0.2) is 24.5 Å². The van der Waals surface area contributed by atoms with E-state index in [1.165, 1.54) is 0 Å². The number of aliphatic hydroxyl groups is 1. The molecule has 5 nitrogen and oxygen atoms in total. The Morgan fingerprint density at radius 3 is 2.72 bits per heavy atom. The van der Waals surface area contributed by atoms with E-state index in [-0.39, 0.29) is 12.1 Å². The number of aliphatic hydroxyl groups excluding tert-OH is 1. The number of rotatable bonds is 4. The zero-order chi connectivity index (χ0) is 12.8. The number of carbonyl (C=O) groups excluding carboxylic acids is 1. The number of carbonyl (C=O) groups is 1. The van der Waals surface area contributed by atoms with E-state index >= 15 is 0 Å². The molecular weight excluding hydrogens is 230 g/mol. The minimum Gasteiger partial charge on any atom is -0.391 e. The van der Waals surface area contributed by atoms with Crippen LogP contribution in [0.4, 0.5) is 4.79 Å². The first-order chi connectivity index (χ1) is 8.75. The smallest absolute Gasteiger partial charge is 0.315 e. The molecule has 1 aromatic heterocycles. The van der Waals surface area contributed by atoms with Crippen molar-refractivity contribution in [3.63, 3.8) is 0 Å². The third-order valence-electron chi connectivity index (χ3n) is 3.37. The molecule has 1 aliphatic carbocycles. The maximum Gasteiger partial charge on any atom is 0.315 e. The van der Waals surface area contributed by atoms with Crippen molar-refractivity contribution in [3.05, 3.63) is 24.5 Å². The molecule has 1 aromatic rings. The lowest BCUT2D eigenvalue weighted by molar-refractivity contribution is 0.0943. The summed E-state index contributed by atoms with van der Waals surface area (Å²) in [4.78, 5) is 11.6. The topological polar surface area (TPSA) is 66.3 Å². The first-order valence-corrected chi connectivity index (χ1v) is 6.59. The molecule has 3 N–H and O–H groups in total. The highest BCUT2D eigenvalue weighted by atomic mass is 16.3. The first kappa shape index (κ1) is 13.0. The van der Waals surface area contributed by atoms with Crippen molar-refractivity contribution in [3.8, 4) is 0 Å². The van der Waals surface area contributed by atoms with Crippen molar-refractivity contribution >= 4 is 6.03 Å². The van der Waals surface area contributed by atoms with Gasteiger partial charge in [0.25, 0.3) is 0 Å². The zero-order valence-corrected chi connectivity index (χ0v) is 10.5. The largest absolute Gasteiger partial charge is 0.391 e. The van der Waals surface area contributed by atoms with Gasteiger partial charge in [-0.25, -0.2) is 4.79 Å². The molecule has 2 atom stereocenters. The van der Waals surface area contributed by atoms with Crippen LogP contribution in [-0.4, -0.2) is 34.4 Å². The number of amides is 2. The van der Waals surface area contributed by atoms with Crippen molar-refractivity contribution < 1.29 is 9.90 Å². The van der Waals surface area contributed by atoms with Gasteiger partial charge in [0.15, 0.2) is 0 Å². The molecule has 18 heavy (non-hydrogen) atoms. The summed E-state index contributed by atoms with van der Waals surface area (Å²) in [5.41, 5.74) is 0. The molecule has 1 heterocycles. The normalized spacial score (nSPS) is 23.6. The predicted molar refractivity (Wildman–Crippen MR) is 69.2 cm³/mol. The molecule has 1 saturated carbocycles. The fourth-order valence-corrected chi connectivity index (χ4v) is 2.32. The summed E-state index contributed by atoms with van der Waals surface area (Å²) in [6, 6.07) is 3.63. The fourth-order valence-electron chi connectivity index (χ4n) is 2.32. The van der Waals surface area contributed by atoms with Crippen LogP contribution in [0.1, 0.15) is 25.7 Å². The molecule has 5 heteroatoms. The fraction of sp³-hybridized carbons (Fsp3) is 0.615. The minimum atomic E-state index is -0.394. The van der Waals surface area contributed by atoms with Gasteiger partial charge in [-0.2, -0.15) is 0 Å². The summed E-state index contributed by atoms with van der Waals surface area (Å²) in [5, 5.41) is 15.4. The van der Waals surface area contributed by atoms with Crippen molar-refractivity contribution in [1.82, 2.24) is 15.2 Å². The second kappa shape index (κ2) is 6.44. The molecule has 100 valence electrons. The van der Waals surface area contributed by atoms with Gasteiger partial charge >= 0.3 is 6.03 Å². The molecule has 2 amide bonds. The standard InChI is InChI=1S/C13H21N3O2/c17-12-6-2-1-5-11(12)15-13(18)14-7-10-16-8-3-4-9-16/h3-4,8-9,11-12,17H,1-2,5-7,10H2,(H2,14,15,18). The number of nitrogens with zero attached hydrogens (tertiary/aromatic N) is 1. The van der Waals surface area contributed by atoms with Crippen LogP contribution in [0.5, 0.6) is 0 Å². The summed E-state index contributed by atoms with van der Waals surface area (Å²) in [5.74, 6) is 0. The molecule has 0 saturated heterocycles. The summed E-state index contributed by atoms with van der Waals surface area (Å²) >= 11 is 0. The Balaban J connectivity index is 1.65. The van der Waals surface area contributed by atoms with E-state index in [9.17, 15) is 9.90 Å². The predicted octanol–water partition coefficient (Wildman–Crippen LogP) is 1.09. The number of hydrogen-bond acceptors (Lipinski definition) is 2. The summed E-state index contributed by atoms with van der Waals surface area (Å²) in [6.07, 6.45) is 7.31. The van der Waals surface area contributed by atoms with Crippen LogP contribution in [-0.2, 0) is 6.54 Å². The summed E-state index contributed by atoms with van der Waals surface area (Å²) in [6.45, 7) is 1.34. The molecule has 0 spiro atoms. The Kier molecular flexibility index (Phi) is 4.64. The Hall–Kier alpha value is -1.49. The Labute approximate surface area is 107 Å². The second-order valence-corrected chi connectivity index (χ2v) is 4.78.